The number of halogens is 1. The molecule has 0 aliphatic heterocycles. The van der Waals surface area contributed by atoms with Gasteiger partial charge in [-0.15, -0.1) is 0 Å². The van der Waals surface area contributed by atoms with Crippen LogP contribution in [0.25, 0.3) is 0 Å². The van der Waals surface area contributed by atoms with Gasteiger partial charge in [0.1, 0.15) is 0 Å². The maximum Gasteiger partial charge on any atom is 0.377 e. The predicted octanol–water partition coefficient (Wildman–Crippen LogP) is 1.01. The van der Waals surface area contributed by atoms with E-state index in [1.165, 1.54) is 0 Å². The Morgan fingerprint density at radius 3 is 2.47 bits per heavy atom. The van der Waals surface area contributed by atoms with Gasteiger partial charge in [-0.3, -0.25) is 14.9 Å². The van der Waals surface area contributed by atoms with E-state index in [-0.39, 0.29) is 0 Å². The number of methoxy groups -OCH3 is 1. The smallest absolute Gasteiger partial charge is 0.377 e. The fourth-order valence-electron chi connectivity index (χ4n) is 1.18. The molecule has 0 saturated heterocycles. The Morgan fingerprint density at radius 1 is 1.47 bits per heavy atom. The highest BCUT2D eigenvalue weighted by Gasteiger charge is 2.26. The van der Waals surface area contributed by atoms with Crippen molar-refractivity contribution in [3.8, 4) is 5.75 Å². The van der Waals surface area contributed by atoms with Crippen molar-refractivity contribution in [2.75, 3.05) is 7.11 Å². The van der Waals surface area contributed by atoms with Crippen molar-refractivity contribution in [1.82, 2.24) is 0 Å². The van der Waals surface area contributed by atoms with E-state index in [4.69, 9.17) is 5.11 Å². The minimum Gasteiger partial charge on any atom is -0.493 e. The van der Waals surface area contributed by atoms with Crippen LogP contribution in [0, 0.1) is 15.9 Å². The van der Waals surface area contributed by atoms with Crippen LogP contribution < -0.4 is 4.74 Å². The Bertz CT molecular complexity index is 512. The Balaban J connectivity index is 3.49. The van der Waals surface area contributed by atoms with Crippen LogP contribution in [0.5, 0.6) is 5.75 Å². The van der Waals surface area contributed by atoms with Crippen molar-refractivity contribution in [3.05, 3.63) is 33.6 Å². The molecule has 8 heteroatoms. The SMILES string of the molecule is COc1c(F)cc([N+](=O)[O-])cc1C(=O)C(=O)O. The maximum absolute atomic E-state index is 13.3. The number of non-ortho nitro benzene ring substituents is 1. The van der Waals surface area contributed by atoms with E-state index in [0.717, 1.165) is 7.11 Å². The van der Waals surface area contributed by atoms with Gasteiger partial charge in [0.15, 0.2) is 11.6 Å². The van der Waals surface area contributed by atoms with Crippen LogP contribution in [0.15, 0.2) is 12.1 Å². The van der Waals surface area contributed by atoms with Crippen molar-refractivity contribution in [2.24, 2.45) is 0 Å². The molecule has 0 atom stereocenters. The van der Waals surface area contributed by atoms with Gasteiger partial charge >= 0.3 is 5.97 Å². The zero-order chi connectivity index (χ0) is 13.2. The second kappa shape index (κ2) is 4.56. The standard InChI is InChI=1S/C9H6FNO6/c1-17-8-5(7(12)9(13)14)2-4(11(15)16)3-6(8)10/h2-3H,1H3,(H,13,14). The van der Waals surface area contributed by atoms with E-state index in [1.54, 1.807) is 0 Å². The van der Waals surface area contributed by atoms with E-state index >= 15 is 0 Å². The summed E-state index contributed by atoms with van der Waals surface area (Å²) in [6.07, 6.45) is 0. The normalized spacial score (nSPS) is 9.76. The van der Waals surface area contributed by atoms with E-state index < -0.39 is 39.5 Å². The number of carbonyl (C=O) groups is 2. The van der Waals surface area contributed by atoms with Gasteiger partial charge in [-0.1, -0.05) is 0 Å². The van der Waals surface area contributed by atoms with Gasteiger partial charge in [0.2, 0.25) is 0 Å². The molecule has 90 valence electrons. The van der Waals surface area contributed by atoms with Crippen LogP contribution in [-0.4, -0.2) is 28.9 Å². The summed E-state index contributed by atoms with van der Waals surface area (Å²) in [4.78, 5) is 31.1. The summed E-state index contributed by atoms with van der Waals surface area (Å²) in [7, 11) is 1.02. The lowest BCUT2D eigenvalue weighted by molar-refractivity contribution is -0.385. The molecule has 1 aromatic carbocycles. The topological polar surface area (TPSA) is 107 Å². The minimum absolute atomic E-state index is 0.539. The number of hydrogen-bond acceptors (Lipinski definition) is 5. The van der Waals surface area contributed by atoms with Gasteiger partial charge in [-0.2, -0.15) is 0 Å². The zero-order valence-electron chi connectivity index (χ0n) is 8.47. The number of carboxylic acid groups (broad SMARTS) is 1. The lowest BCUT2D eigenvalue weighted by atomic mass is 10.1. The summed E-state index contributed by atoms with van der Waals surface area (Å²) in [6, 6.07) is 1.19. The quantitative estimate of drug-likeness (QED) is 0.366. The molecule has 0 aromatic heterocycles. The number of Topliss-reactive ketones (excluding diaryl/α,β-unsaturated/α-hetero) is 1. The highest BCUT2D eigenvalue weighted by molar-refractivity contribution is 6.40. The number of nitrogens with zero attached hydrogens (tertiary/aromatic N) is 1. The molecule has 0 heterocycles. The number of carbonyl (C=O) groups excluding carboxylic acids is 1. The summed E-state index contributed by atoms with van der Waals surface area (Å²) < 4.78 is 17.8. The molecule has 0 fully saturated rings. The molecule has 1 aromatic rings. The molecule has 0 spiro atoms. The number of carboxylic acids is 1. The van der Waals surface area contributed by atoms with E-state index in [9.17, 15) is 24.1 Å². The van der Waals surface area contributed by atoms with Gasteiger partial charge in [0, 0.05) is 6.07 Å². The van der Waals surface area contributed by atoms with E-state index in [2.05, 4.69) is 4.74 Å². The summed E-state index contributed by atoms with van der Waals surface area (Å²) in [5.41, 5.74) is -1.43. The van der Waals surface area contributed by atoms with E-state index in [0.29, 0.717) is 12.1 Å². The molecule has 1 rings (SSSR count). The molecule has 7 nitrogen and oxygen atoms in total. The van der Waals surface area contributed by atoms with Crippen LogP contribution >= 0.6 is 0 Å². The van der Waals surface area contributed by atoms with Gasteiger partial charge in [0.05, 0.1) is 23.7 Å². The average molecular weight is 243 g/mol. The minimum atomic E-state index is -1.86. The number of ether oxygens (including phenoxy) is 1. The third-order valence-electron chi connectivity index (χ3n) is 1.88. The second-order valence-electron chi connectivity index (χ2n) is 2.90. The maximum atomic E-state index is 13.3. The van der Waals surface area contributed by atoms with Crippen molar-refractivity contribution in [2.45, 2.75) is 0 Å². The van der Waals surface area contributed by atoms with Gasteiger partial charge in [-0.05, 0) is 0 Å². The van der Waals surface area contributed by atoms with Crippen LogP contribution in [0.3, 0.4) is 0 Å². The van der Waals surface area contributed by atoms with Crippen molar-refractivity contribution in [3.63, 3.8) is 0 Å². The number of ketones is 1. The molecular formula is C9H6FNO6. The lowest BCUT2D eigenvalue weighted by Gasteiger charge is -2.06. The Morgan fingerprint density at radius 2 is 2.06 bits per heavy atom. The third kappa shape index (κ3) is 2.36. The van der Waals surface area contributed by atoms with E-state index in [1.807, 2.05) is 0 Å². The molecule has 0 radical (unpaired) electrons. The Hall–Kier alpha value is -2.51. The first-order valence-corrected chi connectivity index (χ1v) is 4.18. The Kier molecular flexibility index (Phi) is 3.37. The van der Waals surface area contributed by atoms with Crippen LogP contribution in [-0.2, 0) is 4.79 Å². The molecule has 0 aliphatic rings. The summed E-state index contributed by atoms with van der Waals surface area (Å²) in [6.45, 7) is 0. The largest absolute Gasteiger partial charge is 0.493 e. The monoisotopic (exact) mass is 243 g/mol. The van der Waals surface area contributed by atoms with Gasteiger partial charge in [-0.25, -0.2) is 9.18 Å². The third-order valence-corrected chi connectivity index (χ3v) is 1.88. The number of aliphatic carboxylic acids is 1. The highest BCUT2D eigenvalue weighted by Crippen LogP contribution is 2.28. The first-order valence-electron chi connectivity index (χ1n) is 4.18. The van der Waals surface area contributed by atoms with Gasteiger partial charge < -0.3 is 9.84 Å². The number of benzene rings is 1. The first-order chi connectivity index (χ1) is 7.88. The molecule has 0 bridgehead atoms. The average Bonchev–Trinajstić information content (AvgIpc) is 2.26. The van der Waals surface area contributed by atoms with Crippen LogP contribution in [0.1, 0.15) is 10.4 Å². The fourth-order valence-corrected chi connectivity index (χ4v) is 1.18. The summed E-state index contributed by atoms with van der Waals surface area (Å²) >= 11 is 0. The fraction of sp³-hybridized carbons (Fsp3) is 0.111. The molecule has 17 heavy (non-hydrogen) atoms. The first kappa shape index (κ1) is 12.6. The molecule has 1 N–H and O–H groups in total. The Labute approximate surface area is 93.6 Å². The number of hydrogen-bond donors (Lipinski definition) is 1. The molecule has 0 saturated carbocycles. The van der Waals surface area contributed by atoms with Crippen LogP contribution in [0.2, 0.25) is 0 Å². The highest BCUT2D eigenvalue weighted by atomic mass is 19.1. The van der Waals surface area contributed by atoms with Crippen molar-refractivity contribution in [1.29, 1.82) is 0 Å². The summed E-state index contributed by atoms with van der Waals surface area (Å²) in [5, 5.41) is 18.9. The summed E-state index contributed by atoms with van der Waals surface area (Å²) in [5.74, 6) is -5.15. The molecule has 0 unspecified atom stereocenters. The molecule has 0 aliphatic carbocycles. The van der Waals surface area contributed by atoms with Crippen LogP contribution in [0.4, 0.5) is 10.1 Å². The zero-order valence-corrected chi connectivity index (χ0v) is 8.47. The number of nitro benzene ring substituents is 1. The number of nitro groups is 1. The molecule has 0 amide bonds. The number of rotatable bonds is 4. The second-order valence-corrected chi connectivity index (χ2v) is 2.90. The van der Waals surface area contributed by atoms with Crippen molar-refractivity contribution < 1.29 is 28.7 Å². The van der Waals surface area contributed by atoms with Gasteiger partial charge in [0.25, 0.3) is 11.5 Å². The molecular weight excluding hydrogens is 237 g/mol. The predicted molar refractivity (Wildman–Crippen MR) is 51.6 cm³/mol. The van der Waals surface area contributed by atoms with Crippen molar-refractivity contribution >= 4 is 17.4 Å². The lowest BCUT2D eigenvalue weighted by Crippen LogP contribution is -2.15.